The molecule has 2 atom stereocenters. The van der Waals surface area contributed by atoms with Gasteiger partial charge in [-0.3, -0.25) is 5.10 Å². The van der Waals surface area contributed by atoms with E-state index in [0.717, 1.165) is 29.3 Å². The largest absolute Gasteiger partial charge is 0.496 e. The van der Waals surface area contributed by atoms with Gasteiger partial charge in [0.05, 0.1) is 25.2 Å². The van der Waals surface area contributed by atoms with Crippen molar-refractivity contribution in [3.8, 4) is 23.1 Å². The lowest BCUT2D eigenvalue weighted by Crippen LogP contribution is -2.21. The first-order valence-corrected chi connectivity index (χ1v) is 10.1. The lowest BCUT2D eigenvalue weighted by atomic mass is 9.96. The lowest BCUT2D eigenvalue weighted by Gasteiger charge is -2.13. The Labute approximate surface area is 175 Å². The van der Waals surface area contributed by atoms with E-state index >= 15 is 0 Å². The molecule has 0 saturated heterocycles. The zero-order valence-electron chi connectivity index (χ0n) is 17.1. The van der Waals surface area contributed by atoms with Crippen molar-refractivity contribution in [3.63, 3.8) is 0 Å². The molecule has 8 heteroatoms. The van der Waals surface area contributed by atoms with Gasteiger partial charge < -0.3 is 15.4 Å². The molecule has 1 fully saturated rings. The first-order valence-electron chi connectivity index (χ1n) is 10.1. The summed E-state index contributed by atoms with van der Waals surface area (Å²) < 4.78 is 5.67. The standard InChI is InChI=1S/C22H25N7O/c1-24-16-5-3-14(8-16)7-15-4-6-18(20(9-15)30-2)19-10-21(29-28-19)27-22-13-25-17(11-23)12-26-22/h4,6,9-10,12-14,16,24H,3,5,7-8H2,1-2H3,(H2,26,27,28,29)/t14-,16?/m0/s1. The topological polar surface area (TPSA) is 112 Å². The minimum Gasteiger partial charge on any atom is -0.496 e. The van der Waals surface area contributed by atoms with Crippen LogP contribution in [0.15, 0.2) is 36.7 Å². The number of hydrogen-bond donors (Lipinski definition) is 3. The molecule has 0 spiro atoms. The average Bonchev–Trinajstić information content (AvgIpc) is 3.43. The monoisotopic (exact) mass is 403 g/mol. The van der Waals surface area contributed by atoms with E-state index in [0.29, 0.717) is 17.7 Å². The van der Waals surface area contributed by atoms with Crippen LogP contribution in [0, 0.1) is 17.2 Å². The van der Waals surface area contributed by atoms with Crippen molar-refractivity contribution in [2.24, 2.45) is 5.92 Å². The molecule has 1 aromatic carbocycles. The Balaban J connectivity index is 1.47. The lowest BCUT2D eigenvalue weighted by molar-refractivity contribution is 0.415. The molecule has 1 unspecified atom stereocenters. The van der Waals surface area contributed by atoms with Crippen molar-refractivity contribution in [1.29, 1.82) is 5.26 Å². The number of nitriles is 1. The summed E-state index contributed by atoms with van der Waals surface area (Å²) in [5.74, 6) is 2.67. The van der Waals surface area contributed by atoms with Crippen molar-refractivity contribution in [1.82, 2.24) is 25.5 Å². The number of hydrogen-bond acceptors (Lipinski definition) is 7. The summed E-state index contributed by atoms with van der Waals surface area (Å²) in [7, 11) is 3.74. The molecule has 2 heterocycles. The van der Waals surface area contributed by atoms with Gasteiger partial charge in [-0.1, -0.05) is 6.07 Å². The van der Waals surface area contributed by atoms with E-state index in [1.54, 1.807) is 7.11 Å². The third-order valence-electron chi connectivity index (χ3n) is 5.63. The van der Waals surface area contributed by atoms with Gasteiger partial charge in [-0.2, -0.15) is 10.4 Å². The molecule has 2 aromatic heterocycles. The van der Waals surface area contributed by atoms with E-state index < -0.39 is 0 Å². The molecule has 8 nitrogen and oxygen atoms in total. The predicted octanol–water partition coefficient (Wildman–Crippen LogP) is 3.42. The van der Waals surface area contributed by atoms with Crippen LogP contribution >= 0.6 is 0 Å². The first-order chi connectivity index (χ1) is 14.7. The second-order valence-electron chi connectivity index (χ2n) is 7.59. The Morgan fingerprint density at radius 3 is 2.80 bits per heavy atom. The fourth-order valence-electron chi connectivity index (χ4n) is 4.05. The fraction of sp³-hybridized carbons (Fsp3) is 0.364. The van der Waals surface area contributed by atoms with E-state index in [9.17, 15) is 0 Å². The average molecular weight is 403 g/mol. The van der Waals surface area contributed by atoms with Gasteiger partial charge in [0.2, 0.25) is 0 Å². The van der Waals surface area contributed by atoms with E-state index in [4.69, 9.17) is 10.00 Å². The molecule has 1 aliphatic rings. The molecule has 1 saturated carbocycles. The van der Waals surface area contributed by atoms with Gasteiger partial charge in [0.1, 0.15) is 17.6 Å². The number of aromatic amines is 1. The van der Waals surface area contributed by atoms with Crippen molar-refractivity contribution in [2.75, 3.05) is 19.5 Å². The summed E-state index contributed by atoms with van der Waals surface area (Å²) in [6.45, 7) is 0. The van der Waals surface area contributed by atoms with E-state index in [1.165, 1.54) is 37.2 Å². The summed E-state index contributed by atoms with van der Waals surface area (Å²) in [4.78, 5) is 8.15. The number of ether oxygens (including phenoxy) is 1. The maximum atomic E-state index is 8.81. The summed E-state index contributed by atoms with van der Waals surface area (Å²) >= 11 is 0. The molecule has 3 N–H and O–H groups in total. The third kappa shape index (κ3) is 4.42. The van der Waals surface area contributed by atoms with Crippen molar-refractivity contribution >= 4 is 11.6 Å². The highest BCUT2D eigenvalue weighted by Crippen LogP contribution is 2.34. The normalized spacial score (nSPS) is 18.2. The Morgan fingerprint density at radius 2 is 2.10 bits per heavy atom. The van der Waals surface area contributed by atoms with Crippen LogP contribution in [0.3, 0.4) is 0 Å². The number of H-pyrrole nitrogens is 1. The third-order valence-corrected chi connectivity index (χ3v) is 5.63. The molecule has 1 aliphatic carbocycles. The Morgan fingerprint density at radius 1 is 1.20 bits per heavy atom. The van der Waals surface area contributed by atoms with Gasteiger partial charge in [0.15, 0.2) is 11.5 Å². The molecule has 4 rings (SSSR count). The highest BCUT2D eigenvalue weighted by molar-refractivity contribution is 5.71. The number of nitrogens with one attached hydrogen (secondary N) is 3. The van der Waals surface area contributed by atoms with Gasteiger partial charge in [0, 0.05) is 17.7 Å². The number of aromatic nitrogens is 4. The molecule has 0 amide bonds. The van der Waals surface area contributed by atoms with Crippen LogP contribution in [0.4, 0.5) is 11.6 Å². The molecule has 3 aromatic rings. The second-order valence-corrected chi connectivity index (χ2v) is 7.59. The first kappa shape index (κ1) is 19.9. The Kier molecular flexibility index (Phi) is 5.91. The smallest absolute Gasteiger partial charge is 0.158 e. The van der Waals surface area contributed by atoms with Crippen LogP contribution < -0.4 is 15.4 Å². The van der Waals surface area contributed by atoms with Crippen LogP contribution in [-0.4, -0.2) is 40.4 Å². The highest BCUT2D eigenvalue weighted by Gasteiger charge is 2.23. The van der Waals surface area contributed by atoms with Crippen LogP contribution in [0.1, 0.15) is 30.5 Å². The SMILES string of the molecule is CNC1CC[C@@H](Cc2ccc(-c3cc(Nc4cnc(C#N)cn4)n[nH]3)c(OC)c2)C1. The zero-order chi connectivity index (χ0) is 20.9. The van der Waals surface area contributed by atoms with E-state index in [2.05, 4.69) is 49.0 Å². The summed E-state index contributed by atoms with van der Waals surface area (Å²) in [5.41, 5.74) is 3.36. The number of nitrogens with zero attached hydrogens (tertiary/aromatic N) is 4. The van der Waals surface area contributed by atoms with Gasteiger partial charge in [0.25, 0.3) is 0 Å². The van der Waals surface area contributed by atoms with Gasteiger partial charge in [-0.05, 0) is 56.3 Å². The van der Waals surface area contributed by atoms with E-state index in [1.807, 2.05) is 19.2 Å². The quantitative estimate of drug-likeness (QED) is 0.554. The van der Waals surface area contributed by atoms with Crippen LogP contribution in [0.25, 0.3) is 11.3 Å². The zero-order valence-corrected chi connectivity index (χ0v) is 17.1. The highest BCUT2D eigenvalue weighted by atomic mass is 16.5. The summed E-state index contributed by atoms with van der Waals surface area (Å²) in [5, 5.41) is 22.6. The maximum Gasteiger partial charge on any atom is 0.158 e. The van der Waals surface area contributed by atoms with Crippen LogP contribution in [0.2, 0.25) is 0 Å². The van der Waals surface area contributed by atoms with Crippen LogP contribution in [0.5, 0.6) is 5.75 Å². The van der Waals surface area contributed by atoms with Gasteiger partial charge >= 0.3 is 0 Å². The number of anilines is 2. The molecule has 0 radical (unpaired) electrons. The van der Waals surface area contributed by atoms with Gasteiger partial charge in [-0.15, -0.1) is 0 Å². The predicted molar refractivity (Wildman–Crippen MR) is 114 cm³/mol. The van der Waals surface area contributed by atoms with Crippen LogP contribution in [-0.2, 0) is 6.42 Å². The Hall–Kier alpha value is -3.44. The maximum absolute atomic E-state index is 8.81. The molecule has 0 bridgehead atoms. The number of rotatable bonds is 7. The molecule has 0 aliphatic heterocycles. The fourth-order valence-corrected chi connectivity index (χ4v) is 4.05. The Bertz CT molecular complexity index is 1040. The number of methoxy groups -OCH3 is 1. The van der Waals surface area contributed by atoms with E-state index in [-0.39, 0.29) is 5.69 Å². The van der Waals surface area contributed by atoms with Crippen molar-refractivity contribution in [2.45, 2.75) is 31.7 Å². The number of benzene rings is 1. The summed E-state index contributed by atoms with van der Waals surface area (Å²) in [6, 6.07) is 10.9. The van der Waals surface area contributed by atoms with Crippen molar-refractivity contribution < 1.29 is 4.74 Å². The summed E-state index contributed by atoms with van der Waals surface area (Å²) in [6.07, 6.45) is 7.74. The van der Waals surface area contributed by atoms with Gasteiger partial charge in [-0.25, -0.2) is 9.97 Å². The minimum atomic E-state index is 0.271. The minimum absolute atomic E-state index is 0.271. The van der Waals surface area contributed by atoms with Crippen molar-refractivity contribution in [3.05, 3.63) is 47.9 Å². The molecule has 154 valence electrons. The second kappa shape index (κ2) is 8.93. The molecule has 30 heavy (non-hydrogen) atoms. The molecular formula is C22H25N7O. The molecular weight excluding hydrogens is 378 g/mol.